The van der Waals surface area contributed by atoms with Gasteiger partial charge in [0, 0.05) is 11.1 Å². The van der Waals surface area contributed by atoms with Crippen molar-refractivity contribution in [1.29, 1.82) is 0 Å². The lowest BCUT2D eigenvalue weighted by Gasteiger charge is -2.11. The van der Waals surface area contributed by atoms with E-state index in [1.165, 1.54) is 5.39 Å². The smallest absolute Gasteiger partial charge is 0.184 e. The van der Waals surface area contributed by atoms with E-state index in [2.05, 4.69) is 34.8 Å². The second-order valence-corrected chi connectivity index (χ2v) is 5.27. The molecule has 0 aromatic heterocycles. The first-order chi connectivity index (χ1) is 10.8. The second kappa shape index (κ2) is 6.37. The lowest BCUT2D eigenvalue weighted by atomic mass is 9.96. The van der Waals surface area contributed by atoms with Crippen LogP contribution in [-0.2, 0) is 0 Å². The predicted molar refractivity (Wildman–Crippen MR) is 96.0 cm³/mol. The molecule has 0 saturated heterocycles. The molecule has 3 aromatic carbocycles. The Morgan fingerprint density at radius 3 is 2.32 bits per heavy atom. The summed E-state index contributed by atoms with van der Waals surface area (Å²) in [5.74, 6) is 0. The molecule has 3 rings (SSSR count). The van der Waals surface area contributed by atoms with E-state index in [0.717, 1.165) is 22.2 Å². The van der Waals surface area contributed by atoms with Crippen molar-refractivity contribution in [3.63, 3.8) is 0 Å². The Labute approximate surface area is 134 Å². The second-order valence-electron chi connectivity index (χ2n) is 4.83. The fourth-order valence-electron chi connectivity index (χ4n) is 2.42. The third kappa shape index (κ3) is 2.97. The van der Waals surface area contributed by atoms with Crippen molar-refractivity contribution in [2.24, 2.45) is 10.8 Å². The zero-order chi connectivity index (χ0) is 15.4. The molecule has 0 saturated carbocycles. The highest BCUT2D eigenvalue weighted by atomic mass is 32.1. The summed E-state index contributed by atoms with van der Waals surface area (Å²) in [7, 11) is 0. The Kier molecular flexibility index (Phi) is 4.12. The van der Waals surface area contributed by atoms with Gasteiger partial charge in [-0.25, -0.2) is 0 Å². The van der Waals surface area contributed by atoms with Crippen LogP contribution in [0.2, 0.25) is 0 Å². The maximum atomic E-state index is 5.52. The van der Waals surface area contributed by atoms with Crippen LogP contribution < -0.4 is 11.2 Å². The topological polar surface area (TPSA) is 50.4 Å². The number of hydrazone groups is 1. The fraction of sp³-hybridized carbons (Fsp3) is 0. The molecule has 0 atom stereocenters. The molecule has 3 nitrogen and oxygen atoms in total. The molecule has 4 heteroatoms. The summed E-state index contributed by atoms with van der Waals surface area (Å²) in [6.45, 7) is 0. The maximum Gasteiger partial charge on any atom is 0.184 e. The van der Waals surface area contributed by atoms with Gasteiger partial charge in [-0.3, -0.25) is 5.43 Å². The standard InChI is InChI=1S/C18H15N3S/c19-18(22)21-20-17(14-8-2-1-3-9-14)16-12-6-10-13-7-4-5-11-15(13)16/h1-12H,(H3,19,21,22). The van der Waals surface area contributed by atoms with Crippen molar-refractivity contribution in [2.75, 3.05) is 0 Å². The summed E-state index contributed by atoms with van der Waals surface area (Å²) in [4.78, 5) is 0. The molecule has 108 valence electrons. The minimum atomic E-state index is 0.147. The largest absolute Gasteiger partial charge is 0.375 e. The summed E-state index contributed by atoms with van der Waals surface area (Å²) in [6.07, 6.45) is 0. The average molecular weight is 305 g/mol. The van der Waals surface area contributed by atoms with Crippen molar-refractivity contribution in [1.82, 2.24) is 5.43 Å². The number of benzene rings is 3. The van der Waals surface area contributed by atoms with E-state index in [4.69, 9.17) is 18.0 Å². The third-order valence-corrected chi connectivity index (χ3v) is 3.46. The molecular weight excluding hydrogens is 290 g/mol. The Balaban J connectivity index is 2.20. The minimum Gasteiger partial charge on any atom is -0.375 e. The molecule has 3 N–H and O–H groups in total. The first kappa shape index (κ1) is 14.2. The zero-order valence-corrected chi connectivity index (χ0v) is 12.7. The number of hydrogen-bond donors (Lipinski definition) is 2. The van der Waals surface area contributed by atoms with Crippen LogP contribution in [0.3, 0.4) is 0 Å². The van der Waals surface area contributed by atoms with Crippen LogP contribution in [0, 0.1) is 0 Å². The predicted octanol–water partition coefficient (Wildman–Crippen LogP) is 3.43. The summed E-state index contributed by atoms with van der Waals surface area (Å²) < 4.78 is 0. The zero-order valence-electron chi connectivity index (χ0n) is 11.9. The van der Waals surface area contributed by atoms with E-state index in [-0.39, 0.29) is 5.11 Å². The molecule has 0 aliphatic rings. The quantitative estimate of drug-likeness (QED) is 0.443. The van der Waals surface area contributed by atoms with Crippen LogP contribution in [0.25, 0.3) is 10.8 Å². The van der Waals surface area contributed by atoms with Crippen LogP contribution in [-0.4, -0.2) is 10.8 Å². The lowest BCUT2D eigenvalue weighted by molar-refractivity contribution is 1.03. The first-order valence-corrected chi connectivity index (χ1v) is 7.33. The molecule has 0 heterocycles. The summed E-state index contributed by atoms with van der Waals surface area (Å²) in [6, 6.07) is 24.4. The van der Waals surface area contributed by atoms with Gasteiger partial charge in [-0.1, -0.05) is 72.8 Å². The van der Waals surface area contributed by atoms with Crippen LogP contribution in [0.15, 0.2) is 77.9 Å². The van der Waals surface area contributed by atoms with Crippen molar-refractivity contribution >= 4 is 33.8 Å². The Morgan fingerprint density at radius 1 is 0.864 bits per heavy atom. The molecule has 0 aliphatic carbocycles. The van der Waals surface area contributed by atoms with Gasteiger partial charge >= 0.3 is 0 Å². The Morgan fingerprint density at radius 2 is 1.55 bits per heavy atom. The third-order valence-electron chi connectivity index (χ3n) is 3.37. The summed E-state index contributed by atoms with van der Waals surface area (Å²) >= 11 is 4.87. The van der Waals surface area contributed by atoms with Gasteiger partial charge in [0.25, 0.3) is 0 Å². The molecule has 0 spiro atoms. The van der Waals surface area contributed by atoms with E-state index < -0.39 is 0 Å². The van der Waals surface area contributed by atoms with E-state index in [1.807, 2.05) is 48.5 Å². The van der Waals surface area contributed by atoms with Gasteiger partial charge in [-0.15, -0.1) is 0 Å². The van der Waals surface area contributed by atoms with Gasteiger partial charge in [0.2, 0.25) is 0 Å². The average Bonchev–Trinajstić information content (AvgIpc) is 2.56. The van der Waals surface area contributed by atoms with Gasteiger partial charge in [-0.05, 0) is 23.0 Å². The monoisotopic (exact) mass is 305 g/mol. The summed E-state index contributed by atoms with van der Waals surface area (Å²) in [5, 5.41) is 6.86. The number of hydrogen-bond acceptors (Lipinski definition) is 2. The molecule has 3 aromatic rings. The first-order valence-electron chi connectivity index (χ1n) is 6.92. The Bertz CT molecular complexity index is 836. The van der Waals surface area contributed by atoms with Gasteiger partial charge in [0.05, 0.1) is 5.71 Å². The van der Waals surface area contributed by atoms with E-state index in [0.29, 0.717) is 0 Å². The number of nitrogens with zero attached hydrogens (tertiary/aromatic N) is 1. The molecule has 0 fully saturated rings. The van der Waals surface area contributed by atoms with Gasteiger partial charge in [-0.2, -0.15) is 5.10 Å². The van der Waals surface area contributed by atoms with Crippen LogP contribution in [0.4, 0.5) is 0 Å². The lowest BCUT2D eigenvalue weighted by Crippen LogP contribution is -2.26. The number of rotatable bonds is 3. The molecule has 0 radical (unpaired) electrons. The van der Waals surface area contributed by atoms with Crippen molar-refractivity contribution in [3.05, 3.63) is 83.9 Å². The Hall–Kier alpha value is -2.72. The van der Waals surface area contributed by atoms with Crippen LogP contribution in [0.1, 0.15) is 11.1 Å². The number of thiocarbonyl (C=S) groups is 1. The SMILES string of the molecule is NC(=S)NN=C(c1ccccc1)c1cccc2ccccc12. The van der Waals surface area contributed by atoms with E-state index >= 15 is 0 Å². The highest BCUT2D eigenvalue weighted by Gasteiger charge is 2.10. The van der Waals surface area contributed by atoms with Crippen LogP contribution >= 0.6 is 12.2 Å². The molecule has 0 unspecified atom stereocenters. The van der Waals surface area contributed by atoms with Crippen molar-refractivity contribution < 1.29 is 0 Å². The van der Waals surface area contributed by atoms with Gasteiger partial charge in [0.15, 0.2) is 5.11 Å². The van der Waals surface area contributed by atoms with Gasteiger partial charge in [0.1, 0.15) is 0 Å². The molecule has 0 amide bonds. The molecule has 0 bridgehead atoms. The maximum absolute atomic E-state index is 5.52. The molecule has 0 aliphatic heterocycles. The number of nitrogens with one attached hydrogen (secondary N) is 1. The minimum absolute atomic E-state index is 0.147. The van der Waals surface area contributed by atoms with Crippen molar-refractivity contribution in [3.8, 4) is 0 Å². The normalized spacial score (nSPS) is 11.4. The summed E-state index contributed by atoms with van der Waals surface area (Å²) in [5.41, 5.74) is 11.1. The number of fused-ring (bicyclic) bond motifs is 1. The van der Waals surface area contributed by atoms with Gasteiger partial charge < -0.3 is 5.73 Å². The van der Waals surface area contributed by atoms with Crippen LogP contribution in [0.5, 0.6) is 0 Å². The van der Waals surface area contributed by atoms with E-state index in [1.54, 1.807) is 0 Å². The highest BCUT2D eigenvalue weighted by Crippen LogP contribution is 2.21. The fourth-order valence-corrected chi connectivity index (χ4v) is 2.46. The van der Waals surface area contributed by atoms with Crippen molar-refractivity contribution in [2.45, 2.75) is 0 Å². The van der Waals surface area contributed by atoms with E-state index in [9.17, 15) is 0 Å². The number of nitrogens with two attached hydrogens (primary N) is 1. The molecular formula is C18H15N3S. The molecule has 22 heavy (non-hydrogen) atoms. The highest BCUT2D eigenvalue weighted by molar-refractivity contribution is 7.80.